The van der Waals surface area contributed by atoms with Gasteiger partial charge in [-0.3, -0.25) is 9.59 Å². The zero-order chi connectivity index (χ0) is 17.4. The van der Waals surface area contributed by atoms with Crippen molar-refractivity contribution in [3.05, 3.63) is 29.8 Å². The Morgan fingerprint density at radius 1 is 1.21 bits per heavy atom. The van der Waals surface area contributed by atoms with Crippen LogP contribution in [0.25, 0.3) is 0 Å². The van der Waals surface area contributed by atoms with Crippen molar-refractivity contribution in [3.63, 3.8) is 0 Å². The van der Waals surface area contributed by atoms with E-state index >= 15 is 0 Å². The highest BCUT2D eigenvalue weighted by Crippen LogP contribution is 2.19. The number of hydrogen-bond acceptors (Lipinski definition) is 4. The van der Waals surface area contributed by atoms with Gasteiger partial charge in [-0.15, -0.1) is 0 Å². The molecule has 0 unspecified atom stereocenters. The SMILES string of the molecule is COCCNCC(=O)Nc1ccc(C(=O)N2CCC(C)CC2)cc1. The molecule has 0 aliphatic carbocycles. The third kappa shape index (κ3) is 5.62. The second-order valence-electron chi connectivity index (χ2n) is 6.27. The van der Waals surface area contributed by atoms with Crippen LogP contribution < -0.4 is 10.6 Å². The minimum Gasteiger partial charge on any atom is -0.383 e. The summed E-state index contributed by atoms with van der Waals surface area (Å²) < 4.78 is 4.90. The Kier molecular flexibility index (Phi) is 7.21. The van der Waals surface area contributed by atoms with Crippen molar-refractivity contribution in [3.8, 4) is 0 Å². The molecule has 0 radical (unpaired) electrons. The number of nitrogens with one attached hydrogen (secondary N) is 2. The lowest BCUT2D eigenvalue weighted by atomic mass is 9.98. The Hall–Kier alpha value is -1.92. The molecule has 132 valence electrons. The molecular formula is C18H27N3O3. The average molecular weight is 333 g/mol. The quantitative estimate of drug-likeness (QED) is 0.746. The number of methoxy groups -OCH3 is 1. The molecule has 0 spiro atoms. The largest absolute Gasteiger partial charge is 0.383 e. The number of piperidine rings is 1. The lowest BCUT2D eigenvalue weighted by Gasteiger charge is -2.30. The van der Waals surface area contributed by atoms with Crippen molar-refractivity contribution in [2.75, 3.05) is 45.2 Å². The van der Waals surface area contributed by atoms with Crippen molar-refractivity contribution < 1.29 is 14.3 Å². The molecule has 1 saturated heterocycles. The number of anilines is 1. The van der Waals surface area contributed by atoms with Crippen LogP contribution in [0.2, 0.25) is 0 Å². The topological polar surface area (TPSA) is 70.7 Å². The summed E-state index contributed by atoms with van der Waals surface area (Å²) in [5.41, 5.74) is 1.36. The van der Waals surface area contributed by atoms with Crippen LogP contribution in [-0.2, 0) is 9.53 Å². The Bertz CT molecular complexity index is 537. The van der Waals surface area contributed by atoms with Gasteiger partial charge in [0.25, 0.3) is 5.91 Å². The summed E-state index contributed by atoms with van der Waals surface area (Å²) in [5, 5.41) is 5.79. The smallest absolute Gasteiger partial charge is 0.253 e. The predicted octanol–water partition coefficient (Wildman–Crippen LogP) is 1.73. The van der Waals surface area contributed by atoms with Crippen LogP contribution >= 0.6 is 0 Å². The summed E-state index contributed by atoms with van der Waals surface area (Å²) in [6.07, 6.45) is 2.13. The first kappa shape index (κ1) is 18.4. The molecule has 0 bridgehead atoms. The first-order valence-electron chi connectivity index (χ1n) is 8.49. The van der Waals surface area contributed by atoms with Gasteiger partial charge in [0.15, 0.2) is 0 Å². The van der Waals surface area contributed by atoms with Gasteiger partial charge in [0.05, 0.1) is 13.2 Å². The molecule has 1 aliphatic rings. The standard InChI is InChI=1S/C18H27N3O3/c1-14-7-10-21(11-8-14)18(23)15-3-5-16(6-4-15)20-17(22)13-19-9-12-24-2/h3-6,14,19H,7-13H2,1-2H3,(H,20,22). The van der Waals surface area contributed by atoms with E-state index in [4.69, 9.17) is 4.74 Å². The fraction of sp³-hybridized carbons (Fsp3) is 0.556. The Balaban J connectivity index is 1.81. The second kappa shape index (κ2) is 9.39. The molecule has 1 aliphatic heterocycles. The van der Waals surface area contributed by atoms with Crippen molar-refractivity contribution in [2.24, 2.45) is 5.92 Å². The molecule has 2 amide bonds. The maximum atomic E-state index is 12.5. The Labute approximate surface area is 143 Å². The minimum atomic E-state index is -0.116. The molecule has 1 aromatic carbocycles. The van der Waals surface area contributed by atoms with E-state index in [1.165, 1.54) is 0 Å². The normalized spacial score (nSPS) is 15.3. The maximum Gasteiger partial charge on any atom is 0.253 e. The number of rotatable bonds is 7. The molecule has 2 N–H and O–H groups in total. The summed E-state index contributed by atoms with van der Waals surface area (Å²) in [5.74, 6) is 0.653. The number of amides is 2. The average Bonchev–Trinajstić information content (AvgIpc) is 2.59. The summed E-state index contributed by atoms with van der Waals surface area (Å²) >= 11 is 0. The van der Waals surface area contributed by atoms with E-state index in [0.29, 0.717) is 30.3 Å². The van der Waals surface area contributed by atoms with Crippen LogP contribution in [0.4, 0.5) is 5.69 Å². The first-order valence-corrected chi connectivity index (χ1v) is 8.49. The van der Waals surface area contributed by atoms with Crippen LogP contribution in [0.3, 0.4) is 0 Å². The molecule has 6 nitrogen and oxygen atoms in total. The van der Waals surface area contributed by atoms with E-state index in [0.717, 1.165) is 25.9 Å². The molecular weight excluding hydrogens is 306 g/mol. The van der Waals surface area contributed by atoms with Gasteiger partial charge in [-0.1, -0.05) is 6.92 Å². The number of hydrogen-bond donors (Lipinski definition) is 2. The van der Waals surface area contributed by atoms with Crippen LogP contribution in [0.15, 0.2) is 24.3 Å². The fourth-order valence-electron chi connectivity index (χ4n) is 2.67. The number of ether oxygens (including phenoxy) is 1. The lowest BCUT2D eigenvalue weighted by molar-refractivity contribution is -0.115. The number of likely N-dealkylation sites (tertiary alicyclic amines) is 1. The molecule has 1 fully saturated rings. The van der Waals surface area contributed by atoms with Crippen molar-refractivity contribution in [1.29, 1.82) is 0 Å². The van der Waals surface area contributed by atoms with Crippen LogP contribution in [0.1, 0.15) is 30.1 Å². The summed E-state index contributed by atoms with van der Waals surface area (Å²) in [7, 11) is 1.62. The number of carbonyl (C=O) groups excluding carboxylic acids is 2. The van der Waals surface area contributed by atoms with Crippen molar-refractivity contribution in [1.82, 2.24) is 10.2 Å². The molecule has 1 aromatic rings. The molecule has 24 heavy (non-hydrogen) atoms. The van der Waals surface area contributed by atoms with Gasteiger partial charge in [0.2, 0.25) is 5.91 Å². The van der Waals surface area contributed by atoms with Crippen LogP contribution in [-0.4, -0.2) is 56.6 Å². The molecule has 0 atom stereocenters. The monoisotopic (exact) mass is 333 g/mol. The maximum absolute atomic E-state index is 12.5. The Morgan fingerprint density at radius 3 is 2.50 bits per heavy atom. The van der Waals surface area contributed by atoms with Crippen molar-refractivity contribution >= 4 is 17.5 Å². The van der Waals surface area contributed by atoms with Crippen LogP contribution in [0, 0.1) is 5.92 Å². The minimum absolute atomic E-state index is 0.0704. The molecule has 0 saturated carbocycles. The van der Waals surface area contributed by atoms with Crippen LogP contribution in [0.5, 0.6) is 0 Å². The zero-order valence-electron chi connectivity index (χ0n) is 14.5. The molecule has 0 aromatic heterocycles. The van der Waals surface area contributed by atoms with Gasteiger partial charge in [0, 0.05) is 38.0 Å². The predicted molar refractivity (Wildman–Crippen MR) is 94.1 cm³/mol. The molecule has 6 heteroatoms. The number of benzene rings is 1. The molecule has 1 heterocycles. The van der Waals surface area contributed by atoms with Gasteiger partial charge in [-0.2, -0.15) is 0 Å². The lowest BCUT2D eigenvalue weighted by Crippen LogP contribution is -2.37. The Morgan fingerprint density at radius 2 is 1.88 bits per heavy atom. The van der Waals surface area contributed by atoms with Gasteiger partial charge in [0.1, 0.15) is 0 Å². The third-order valence-electron chi connectivity index (χ3n) is 4.25. The highest BCUT2D eigenvalue weighted by Gasteiger charge is 2.21. The summed E-state index contributed by atoms with van der Waals surface area (Å²) in [6.45, 7) is 5.31. The first-order chi connectivity index (χ1) is 11.6. The summed E-state index contributed by atoms with van der Waals surface area (Å²) in [6, 6.07) is 7.09. The van der Waals surface area contributed by atoms with Gasteiger partial charge < -0.3 is 20.3 Å². The molecule has 2 rings (SSSR count). The highest BCUT2D eigenvalue weighted by molar-refractivity contribution is 5.96. The van der Waals surface area contributed by atoms with E-state index in [9.17, 15) is 9.59 Å². The van der Waals surface area contributed by atoms with E-state index in [1.54, 1.807) is 31.4 Å². The second-order valence-corrected chi connectivity index (χ2v) is 6.27. The number of nitrogens with zero attached hydrogens (tertiary/aromatic N) is 1. The van der Waals surface area contributed by atoms with E-state index in [1.807, 2.05) is 4.90 Å². The van der Waals surface area contributed by atoms with Gasteiger partial charge >= 0.3 is 0 Å². The van der Waals surface area contributed by atoms with E-state index < -0.39 is 0 Å². The summed E-state index contributed by atoms with van der Waals surface area (Å²) in [4.78, 5) is 26.2. The third-order valence-corrected chi connectivity index (χ3v) is 4.25. The zero-order valence-corrected chi connectivity index (χ0v) is 14.5. The van der Waals surface area contributed by atoms with Gasteiger partial charge in [-0.05, 0) is 43.0 Å². The van der Waals surface area contributed by atoms with Crippen molar-refractivity contribution in [2.45, 2.75) is 19.8 Å². The highest BCUT2D eigenvalue weighted by atomic mass is 16.5. The van der Waals surface area contributed by atoms with E-state index in [2.05, 4.69) is 17.6 Å². The number of carbonyl (C=O) groups is 2. The van der Waals surface area contributed by atoms with E-state index in [-0.39, 0.29) is 18.4 Å². The fourth-order valence-corrected chi connectivity index (χ4v) is 2.67. The van der Waals surface area contributed by atoms with Gasteiger partial charge in [-0.25, -0.2) is 0 Å².